The number of hydrogen-bond acceptors (Lipinski definition) is 5. The number of hydrogen-bond donors (Lipinski definition) is 2. The quantitative estimate of drug-likeness (QED) is 0.610. The summed E-state index contributed by atoms with van der Waals surface area (Å²) in [6, 6.07) is 9.47. The molecular formula is C14H11Br2N3O2. The topological polar surface area (TPSA) is 73.3 Å². The van der Waals surface area contributed by atoms with Crippen LogP contribution in [0.25, 0.3) is 11.1 Å². The molecule has 0 aliphatic heterocycles. The summed E-state index contributed by atoms with van der Waals surface area (Å²) in [4.78, 5) is 4.36. The molecule has 0 spiro atoms. The summed E-state index contributed by atoms with van der Waals surface area (Å²) in [6.07, 6.45) is 0. The number of benzene rings is 2. The smallest absolute Gasteiger partial charge is 0.300 e. The largest absolute Gasteiger partial charge is 0.495 e. The SMILES string of the molecule is COc1cc(Nc2nc3ccc(N)cc3o2)c(Br)cc1Br. The Bertz CT molecular complexity index is 817. The van der Waals surface area contributed by atoms with E-state index < -0.39 is 0 Å². The molecule has 1 aromatic heterocycles. The molecule has 5 nitrogen and oxygen atoms in total. The van der Waals surface area contributed by atoms with Crippen molar-refractivity contribution in [3.05, 3.63) is 39.3 Å². The van der Waals surface area contributed by atoms with Crippen LogP contribution in [0.1, 0.15) is 0 Å². The predicted molar refractivity (Wildman–Crippen MR) is 90.1 cm³/mol. The molecule has 21 heavy (non-hydrogen) atoms. The number of nitrogens with zero attached hydrogens (tertiary/aromatic N) is 1. The summed E-state index contributed by atoms with van der Waals surface area (Å²) in [6.45, 7) is 0. The van der Waals surface area contributed by atoms with Crippen LogP contribution in [0.3, 0.4) is 0 Å². The number of nitrogen functional groups attached to an aromatic ring is 1. The molecule has 7 heteroatoms. The summed E-state index contributed by atoms with van der Waals surface area (Å²) < 4.78 is 12.6. The molecule has 0 bridgehead atoms. The molecule has 3 N–H and O–H groups in total. The lowest BCUT2D eigenvalue weighted by Crippen LogP contribution is -1.93. The number of aromatic nitrogens is 1. The second-order valence-electron chi connectivity index (χ2n) is 4.34. The molecule has 1 heterocycles. The molecule has 0 radical (unpaired) electrons. The van der Waals surface area contributed by atoms with Gasteiger partial charge >= 0.3 is 0 Å². The van der Waals surface area contributed by atoms with Crippen LogP contribution < -0.4 is 15.8 Å². The van der Waals surface area contributed by atoms with Crippen LogP contribution in [-0.4, -0.2) is 12.1 Å². The van der Waals surface area contributed by atoms with Gasteiger partial charge in [-0.25, -0.2) is 0 Å². The van der Waals surface area contributed by atoms with Gasteiger partial charge in [0.1, 0.15) is 11.3 Å². The van der Waals surface area contributed by atoms with E-state index in [1.54, 1.807) is 19.2 Å². The van der Waals surface area contributed by atoms with Crippen LogP contribution in [0, 0.1) is 0 Å². The third kappa shape index (κ3) is 2.84. The first-order valence-corrected chi connectivity index (χ1v) is 7.61. The number of anilines is 3. The molecular weight excluding hydrogens is 402 g/mol. The minimum Gasteiger partial charge on any atom is -0.495 e. The highest BCUT2D eigenvalue weighted by Crippen LogP contribution is 2.36. The number of methoxy groups -OCH3 is 1. The van der Waals surface area contributed by atoms with Gasteiger partial charge in [-0.1, -0.05) is 0 Å². The Hall–Kier alpha value is -1.73. The van der Waals surface area contributed by atoms with Crippen molar-refractivity contribution in [2.24, 2.45) is 0 Å². The van der Waals surface area contributed by atoms with Crippen LogP contribution in [0.4, 0.5) is 17.4 Å². The van der Waals surface area contributed by atoms with Crippen molar-refractivity contribution in [2.75, 3.05) is 18.2 Å². The van der Waals surface area contributed by atoms with Crippen LogP contribution in [0.15, 0.2) is 43.7 Å². The lowest BCUT2D eigenvalue weighted by molar-refractivity contribution is 0.412. The van der Waals surface area contributed by atoms with Crippen molar-refractivity contribution in [1.29, 1.82) is 0 Å². The molecule has 0 aliphatic carbocycles. The number of fused-ring (bicyclic) bond motifs is 1. The molecule has 108 valence electrons. The second kappa shape index (κ2) is 5.57. The summed E-state index contributed by atoms with van der Waals surface area (Å²) in [5.41, 5.74) is 8.53. The monoisotopic (exact) mass is 411 g/mol. The number of oxazole rings is 1. The van der Waals surface area contributed by atoms with E-state index in [-0.39, 0.29) is 0 Å². The summed E-state index contributed by atoms with van der Waals surface area (Å²) in [5.74, 6) is 0.709. The summed E-state index contributed by atoms with van der Waals surface area (Å²) in [7, 11) is 1.61. The number of nitrogens with two attached hydrogens (primary N) is 1. The standard InChI is InChI=1S/C14H11Br2N3O2/c1-20-12-6-11(8(15)5-9(12)16)19-14-18-10-3-2-7(17)4-13(10)21-14/h2-6H,17H2,1H3,(H,18,19). The highest BCUT2D eigenvalue weighted by molar-refractivity contribution is 9.11. The van der Waals surface area contributed by atoms with Gasteiger partial charge in [0.25, 0.3) is 6.01 Å². The number of rotatable bonds is 3. The number of ether oxygens (including phenoxy) is 1. The van der Waals surface area contributed by atoms with Crippen LogP contribution >= 0.6 is 31.9 Å². The molecule has 2 aromatic carbocycles. The Morgan fingerprint density at radius 2 is 2.00 bits per heavy atom. The van der Waals surface area contributed by atoms with Crippen molar-refractivity contribution in [1.82, 2.24) is 4.98 Å². The number of halogens is 2. The van der Waals surface area contributed by atoms with Gasteiger partial charge in [0.05, 0.1) is 17.3 Å². The average Bonchev–Trinajstić information content (AvgIpc) is 2.83. The minimum atomic E-state index is 0.390. The van der Waals surface area contributed by atoms with E-state index in [0.717, 1.165) is 20.1 Å². The van der Waals surface area contributed by atoms with Gasteiger partial charge in [-0.3, -0.25) is 0 Å². The minimum absolute atomic E-state index is 0.390. The van der Waals surface area contributed by atoms with E-state index in [0.29, 0.717) is 23.0 Å². The number of nitrogens with one attached hydrogen (secondary N) is 1. The fourth-order valence-electron chi connectivity index (χ4n) is 1.89. The van der Waals surface area contributed by atoms with Gasteiger partial charge in [0.15, 0.2) is 5.58 Å². The van der Waals surface area contributed by atoms with Crippen molar-refractivity contribution in [2.45, 2.75) is 0 Å². The second-order valence-corrected chi connectivity index (χ2v) is 6.05. The lowest BCUT2D eigenvalue weighted by atomic mass is 10.3. The third-order valence-corrected chi connectivity index (χ3v) is 4.17. The van der Waals surface area contributed by atoms with E-state index in [1.807, 2.05) is 18.2 Å². The van der Waals surface area contributed by atoms with E-state index >= 15 is 0 Å². The zero-order chi connectivity index (χ0) is 15.0. The van der Waals surface area contributed by atoms with E-state index in [4.69, 9.17) is 14.9 Å². The van der Waals surface area contributed by atoms with Crippen molar-refractivity contribution < 1.29 is 9.15 Å². The molecule has 0 unspecified atom stereocenters. The van der Waals surface area contributed by atoms with Crippen LogP contribution in [0.5, 0.6) is 5.75 Å². The molecule has 0 saturated heterocycles. The molecule has 0 aliphatic rings. The first-order valence-electron chi connectivity index (χ1n) is 6.03. The average molecular weight is 413 g/mol. The highest BCUT2D eigenvalue weighted by Gasteiger charge is 2.11. The van der Waals surface area contributed by atoms with E-state index in [1.165, 1.54) is 0 Å². The third-order valence-electron chi connectivity index (χ3n) is 2.90. The maximum Gasteiger partial charge on any atom is 0.300 e. The van der Waals surface area contributed by atoms with Crippen molar-refractivity contribution in [3.63, 3.8) is 0 Å². The molecule has 0 amide bonds. The maximum absolute atomic E-state index is 5.73. The Labute approximate surface area is 137 Å². The Balaban J connectivity index is 1.98. The predicted octanol–water partition coefficient (Wildman–Crippen LogP) is 4.69. The Morgan fingerprint density at radius 1 is 1.19 bits per heavy atom. The molecule has 0 fully saturated rings. The van der Waals surface area contributed by atoms with Crippen molar-refractivity contribution >= 4 is 60.3 Å². The zero-order valence-corrected chi connectivity index (χ0v) is 14.2. The highest BCUT2D eigenvalue weighted by atomic mass is 79.9. The molecule has 3 aromatic rings. The lowest BCUT2D eigenvalue weighted by Gasteiger charge is -2.09. The van der Waals surface area contributed by atoms with Gasteiger partial charge in [-0.15, -0.1) is 0 Å². The van der Waals surface area contributed by atoms with Gasteiger partial charge in [0.2, 0.25) is 0 Å². The Kier molecular flexibility index (Phi) is 3.77. The first kappa shape index (κ1) is 14.2. The fraction of sp³-hybridized carbons (Fsp3) is 0.0714. The van der Waals surface area contributed by atoms with Gasteiger partial charge in [-0.2, -0.15) is 4.98 Å². The van der Waals surface area contributed by atoms with E-state index in [9.17, 15) is 0 Å². The van der Waals surface area contributed by atoms with Gasteiger partial charge in [-0.05, 0) is 50.1 Å². The van der Waals surface area contributed by atoms with Gasteiger partial charge in [0, 0.05) is 22.3 Å². The first-order chi connectivity index (χ1) is 10.1. The normalized spacial score (nSPS) is 10.8. The summed E-state index contributed by atoms with van der Waals surface area (Å²) in [5, 5.41) is 3.12. The maximum atomic E-state index is 5.73. The fourth-order valence-corrected chi connectivity index (χ4v) is 3.15. The van der Waals surface area contributed by atoms with E-state index in [2.05, 4.69) is 42.2 Å². The zero-order valence-electron chi connectivity index (χ0n) is 11.0. The van der Waals surface area contributed by atoms with Crippen LogP contribution in [0.2, 0.25) is 0 Å². The molecule has 3 rings (SSSR count). The molecule has 0 atom stereocenters. The van der Waals surface area contributed by atoms with Crippen LogP contribution in [-0.2, 0) is 0 Å². The summed E-state index contributed by atoms with van der Waals surface area (Å²) >= 11 is 6.91. The molecule has 0 saturated carbocycles. The Morgan fingerprint density at radius 3 is 2.76 bits per heavy atom. The van der Waals surface area contributed by atoms with Gasteiger partial charge < -0.3 is 20.2 Å². The van der Waals surface area contributed by atoms with Crippen molar-refractivity contribution in [3.8, 4) is 5.75 Å².